The maximum atomic E-state index is 9.86. The van der Waals surface area contributed by atoms with Gasteiger partial charge < -0.3 is 14.6 Å². The molecule has 0 spiro atoms. The van der Waals surface area contributed by atoms with Crippen LogP contribution in [0.3, 0.4) is 0 Å². The van der Waals surface area contributed by atoms with Crippen molar-refractivity contribution in [2.45, 2.75) is 44.8 Å². The molecule has 2 rings (SSSR count). The minimum atomic E-state index is -0.677. The lowest BCUT2D eigenvalue weighted by Gasteiger charge is -2.21. The number of hydrogen-bond donors (Lipinski definition) is 1. The van der Waals surface area contributed by atoms with Crippen molar-refractivity contribution in [2.24, 2.45) is 0 Å². The minimum Gasteiger partial charge on any atom is -0.493 e. The number of aliphatic hydroxyl groups excluding tert-OH is 1. The van der Waals surface area contributed by atoms with Gasteiger partial charge in [0.25, 0.3) is 0 Å². The fraction of sp³-hybridized carbons (Fsp3) is 0.571. The van der Waals surface area contributed by atoms with Crippen LogP contribution in [0.15, 0.2) is 12.1 Å². The zero-order valence-electron chi connectivity index (χ0n) is 10.8. The number of halogens is 1. The lowest BCUT2D eigenvalue weighted by molar-refractivity contribution is 0.169. The Bertz CT molecular complexity index is 412. The molecule has 1 aliphatic rings. The Hall–Kier alpha value is -0.930. The van der Waals surface area contributed by atoms with Crippen molar-refractivity contribution in [2.75, 3.05) is 7.11 Å². The maximum Gasteiger partial charge on any atom is 0.168 e. The fourth-order valence-electron chi connectivity index (χ4n) is 2.40. The molecular formula is C14H19ClO3. The molecule has 0 amide bonds. The van der Waals surface area contributed by atoms with E-state index in [2.05, 4.69) is 0 Å². The first kappa shape index (κ1) is 13.5. The third kappa shape index (κ3) is 2.73. The molecule has 1 saturated carbocycles. The van der Waals surface area contributed by atoms with Crippen molar-refractivity contribution in [1.29, 1.82) is 0 Å². The van der Waals surface area contributed by atoms with Gasteiger partial charge in [-0.15, -0.1) is 0 Å². The van der Waals surface area contributed by atoms with Crippen molar-refractivity contribution in [3.05, 3.63) is 22.7 Å². The van der Waals surface area contributed by atoms with E-state index in [9.17, 15) is 5.11 Å². The van der Waals surface area contributed by atoms with Gasteiger partial charge in [-0.3, -0.25) is 0 Å². The summed E-state index contributed by atoms with van der Waals surface area (Å²) in [6, 6.07) is 3.50. The largest absolute Gasteiger partial charge is 0.493 e. The number of rotatable bonds is 4. The topological polar surface area (TPSA) is 38.7 Å². The second-order valence-electron chi connectivity index (χ2n) is 4.69. The van der Waals surface area contributed by atoms with Gasteiger partial charge in [-0.25, -0.2) is 0 Å². The highest BCUT2D eigenvalue weighted by molar-refractivity contribution is 6.31. The van der Waals surface area contributed by atoms with Crippen LogP contribution in [0.25, 0.3) is 0 Å². The van der Waals surface area contributed by atoms with Crippen LogP contribution in [-0.4, -0.2) is 18.3 Å². The van der Waals surface area contributed by atoms with Crippen molar-refractivity contribution in [3.8, 4) is 11.5 Å². The average molecular weight is 271 g/mol. The van der Waals surface area contributed by atoms with Gasteiger partial charge in [0, 0.05) is 5.56 Å². The molecule has 0 aliphatic heterocycles. The molecule has 1 aromatic rings. The molecule has 1 aliphatic carbocycles. The quantitative estimate of drug-likeness (QED) is 0.906. The molecule has 1 aromatic carbocycles. The van der Waals surface area contributed by atoms with E-state index in [1.807, 2.05) is 0 Å². The zero-order chi connectivity index (χ0) is 13.1. The van der Waals surface area contributed by atoms with Crippen LogP contribution < -0.4 is 9.47 Å². The van der Waals surface area contributed by atoms with E-state index in [1.165, 1.54) is 12.8 Å². The van der Waals surface area contributed by atoms with E-state index < -0.39 is 6.10 Å². The summed E-state index contributed by atoms with van der Waals surface area (Å²) in [6.45, 7) is 1.68. The second kappa shape index (κ2) is 5.81. The van der Waals surface area contributed by atoms with Gasteiger partial charge >= 0.3 is 0 Å². The Morgan fingerprint density at radius 3 is 2.56 bits per heavy atom. The Kier molecular flexibility index (Phi) is 4.36. The predicted octanol–water partition coefficient (Wildman–Crippen LogP) is 3.72. The molecule has 100 valence electrons. The third-order valence-corrected chi connectivity index (χ3v) is 3.66. The van der Waals surface area contributed by atoms with E-state index in [-0.39, 0.29) is 6.10 Å². The van der Waals surface area contributed by atoms with Crippen LogP contribution in [-0.2, 0) is 0 Å². The van der Waals surface area contributed by atoms with E-state index in [0.29, 0.717) is 22.1 Å². The van der Waals surface area contributed by atoms with E-state index in [4.69, 9.17) is 21.1 Å². The van der Waals surface area contributed by atoms with Gasteiger partial charge in [0.1, 0.15) is 0 Å². The van der Waals surface area contributed by atoms with Crippen molar-refractivity contribution in [3.63, 3.8) is 0 Å². The summed E-state index contributed by atoms with van der Waals surface area (Å²) in [5.41, 5.74) is 0.614. The Balaban J connectivity index is 2.36. The van der Waals surface area contributed by atoms with Gasteiger partial charge in [0.2, 0.25) is 0 Å². The summed E-state index contributed by atoms with van der Waals surface area (Å²) < 4.78 is 11.3. The molecule has 0 heterocycles. The van der Waals surface area contributed by atoms with E-state index >= 15 is 0 Å². The summed E-state index contributed by atoms with van der Waals surface area (Å²) in [7, 11) is 1.59. The molecule has 1 unspecified atom stereocenters. The monoisotopic (exact) mass is 270 g/mol. The highest BCUT2D eigenvalue weighted by Crippen LogP contribution is 2.41. The van der Waals surface area contributed by atoms with Crippen LogP contribution in [0.5, 0.6) is 11.5 Å². The first-order chi connectivity index (χ1) is 8.63. The Morgan fingerprint density at radius 2 is 2.00 bits per heavy atom. The van der Waals surface area contributed by atoms with Crippen LogP contribution in [0.4, 0.5) is 0 Å². The highest BCUT2D eigenvalue weighted by atomic mass is 35.5. The molecule has 3 nitrogen and oxygen atoms in total. The van der Waals surface area contributed by atoms with E-state index in [1.54, 1.807) is 26.2 Å². The third-order valence-electron chi connectivity index (χ3n) is 3.33. The molecule has 4 heteroatoms. The van der Waals surface area contributed by atoms with Crippen LogP contribution in [0.2, 0.25) is 5.02 Å². The smallest absolute Gasteiger partial charge is 0.168 e. The summed E-state index contributed by atoms with van der Waals surface area (Å²) in [4.78, 5) is 0. The minimum absolute atomic E-state index is 0.204. The maximum absolute atomic E-state index is 9.86. The first-order valence-corrected chi connectivity index (χ1v) is 6.72. The van der Waals surface area contributed by atoms with Gasteiger partial charge in [0.15, 0.2) is 11.5 Å². The number of methoxy groups -OCH3 is 1. The number of hydrogen-bond acceptors (Lipinski definition) is 3. The second-order valence-corrected chi connectivity index (χ2v) is 5.10. The molecule has 0 saturated heterocycles. The summed E-state index contributed by atoms with van der Waals surface area (Å²) in [5, 5.41) is 10.4. The van der Waals surface area contributed by atoms with Gasteiger partial charge in [-0.05, 0) is 44.7 Å². The SMILES string of the molecule is COc1ccc(Cl)c(C(C)O)c1OC1CCCC1. The van der Waals surface area contributed by atoms with E-state index in [0.717, 1.165) is 12.8 Å². The molecule has 0 aromatic heterocycles. The molecular weight excluding hydrogens is 252 g/mol. The fourth-order valence-corrected chi connectivity index (χ4v) is 2.71. The average Bonchev–Trinajstić information content (AvgIpc) is 2.82. The predicted molar refractivity (Wildman–Crippen MR) is 71.5 cm³/mol. The molecule has 1 atom stereocenters. The lowest BCUT2D eigenvalue weighted by Crippen LogP contribution is -2.14. The molecule has 0 bridgehead atoms. The summed E-state index contributed by atoms with van der Waals surface area (Å²) >= 11 is 6.14. The molecule has 1 fully saturated rings. The van der Waals surface area contributed by atoms with Crippen LogP contribution in [0, 0.1) is 0 Å². The molecule has 1 N–H and O–H groups in total. The summed E-state index contributed by atoms with van der Waals surface area (Å²) in [6.07, 6.45) is 4.01. The van der Waals surface area contributed by atoms with Gasteiger partial charge in [0.05, 0.1) is 24.3 Å². The Labute approximate surface area is 113 Å². The van der Waals surface area contributed by atoms with Crippen molar-refractivity contribution < 1.29 is 14.6 Å². The molecule has 18 heavy (non-hydrogen) atoms. The first-order valence-electron chi connectivity index (χ1n) is 6.34. The van der Waals surface area contributed by atoms with Crippen LogP contribution >= 0.6 is 11.6 Å². The molecule has 0 radical (unpaired) electrons. The number of ether oxygens (including phenoxy) is 2. The standard InChI is InChI=1S/C14H19ClO3/c1-9(16)13-11(15)7-8-12(17-2)14(13)18-10-5-3-4-6-10/h7-10,16H,3-6H2,1-2H3. The highest BCUT2D eigenvalue weighted by Gasteiger charge is 2.23. The lowest BCUT2D eigenvalue weighted by atomic mass is 10.1. The van der Waals surface area contributed by atoms with Gasteiger partial charge in [-0.2, -0.15) is 0 Å². The van der Waals surface area contributed by atoms with Crippen molar-refractivity contribution >= 4 is 11.6 Å². The van der Waals surface area contributed by atoms with Crippen LogP contribution in [0.1, 0.15) is 44.3 Å². The summed E-state index contributed by atoms with van der Waals surface area (Å²) in [5.74, 6) is 1.22. The number of benzene rings is 1. The van der Waals surface area contributed by atoms with Crippen molar-refractivity contribution in [1.82, 2.24) is 0 Å². The Morgan fingerprint density at radius 1 is 1.33 bits per heavy atom. The number of aliphatic hydroxyl groups is 1. The van der Waals surface area contributed by atoms with Gasteiger partial charge in [-0.1, -0.05) is 11.6 Å². The zero-order valence-corrected chi connectivity index (χ0v) is 11.5. The normalized spacial score (nSPS) is 17.8.